The molecular formula is C15H20N6O2. The number of nitrogens with zero attached hydrogens (tertiary/aromatic N) is 3. The Balaban J connectivity index is 1.97. The maximum absolute atomic E-state index is 11.8. The molecule has 2 rings (SSSR count). The minimum Gasteiger partial charge on any atom is -0.352 e. The van der Waals surface area contributed by atoms with Gasteiger partial charge in [0.05, 0.1) is 5.69 Å². The molecule has 0 bridgehead atoms. The van der Waals surface area contributed by atoms with Crippen molar-refractivity contribution in [3.8, 4) is 5.82 Å². The quantitative estimate of drug-likeness (QED) is 0.747. The molecule has 2 heterocycles. The largest absolute Gasteiger partial charge is 0.352 e. The molecular weight excluding hydrogens is 296 g/mol. The van der Waals surface area contributed by atoms with E-state index in [1.165, 1.54) is 0 Å². The summed E-state index contributed by atoms with van der Waals surface area (Å²) in [5.41, 5.74) is 7.75. The second-order valence-electron chi connectivity index (χ2n) is 5.31. The minimum absolute atomic E-state index is 0.313. The molecule has 0 radical (unpaired) electrons. The highest BCUT2D eigenvalue weighted by Crippen LogP contribution is 2.10. The first-order chi connectivity index (χ1) is 10.9. The first kappa shape index (κ1) is 16.5. The predicted octanol–water partition coefficient (Wildman–Crippen LogP) is 0.557. The van der Waals surface area contributed by atoms with E-state index >= 15 is 0 Å². The van der Waals surface area contributed by atoms with Crippen LogP contribution in [-0.2, 0) is 11.3 Å². The zero-order valence-corrected chi connectivity index (χ0v) is 13.3. The zero-order chi connectivity index (χ0) is 17.0. The van der Waals surface area contributed by atoms with Crippen molar-refractivity contribution in [1.29, 1.82) is 0 Å². The van der Waals surface area contributed by atoms with Crippen molar-refractivity contribution in [2.75, 3.05) is 0 Å². The van der Waals surface area contributed by atoms with Crippen molar-refractivity contribution in [2.45, 2.75) is 33.4 Å². The van der Waals surface area contributed by atoms with E-state index in [1.807, 2.05) is 32.0 Å². The van der Waals surface area contributed by atoms with Crippen LogP contribution in [-0.4, -0.2) is 32.7 Å². The number of urea groups is 1. The molecule has 0 fully saturated rings. The van der Waals surface area contributed by atoms with Crippen LogP contribution in [0.4, 0.5) is 4.79 Å². The first-order valence-corrected chi connectivity index (χ1v) is 7.19. The molecule has 2 aromatic rings. The monoisotopic (exact) mass is 316 g/mol. The Morgan fingerprint density at radius 1 is 1.35 bits per heavy atom. The molecule has 3 amide bonds. The number of pyridine rings is 1. The third-order valence-corrected chi connectivity index (χ3v) is 3.25. The van der Waals surface area contributed by atoms with Gasteiger partial charge in [0.25, 0.3) is 0 Å². The Morgan fingerprint density at radius 2 is 2.09 bits per heavy atom. The fraction of sp³-hybridized carbons (Fsp3) is 0.333. The molecule has 0 aliphatic carbocycles. The molecule has 0 aromatic carbocycles. The van der Waals surface area contributed by atoms with E-state index in [0.717, 1.165) is 22.8 Å². The van der Waals surface area contributed by atoms with Crippen molar-refractivity contribution in [3.05, 3.63) is 41.3 Å². The molecule has 23 heavy (non-hydrogen) atoms. The van der Waals surface area contributed by atoms with Crippen molar-refractivity contribution >= 4 is 11.9 Å². The highest BCUT2D eigenvalue weighted by Gasteiger charge is 2.13. The highest BCUT2D eigenvalue weighted by molar-refractivity contribution is 5.86. The van der Waals surface area contributed by atoms with Gasteiger partial charge in [0, 0.05) is 18.4 Å². The smallest absolute Gasteiger partial charge is 0.312 e. The number of aryl methyl sites for hydroxylation is 2. The van der Waals surface area contributed by atoms with E-state index in [4.69, 9.17) is 5.73 Å². The maximum Gasteiger partial charge on any atom is 0.312 e. The second-order valence-corrected chi connectivity index (χ2v) is 5.31. The van der Waals surface area contributed by atoms with Crippen LogP contribution in [0.25, 0.3) is 5.82 Å². The van der Waals surface area contributed by atoms with Gasteiger partial charge in [-0.15, -0.1) is 0 Å². The van der Waals surface area contributed by atoms with Gasteiger partial charge in [-0.25, -0.2) is 14.5 Å². The van der Waals surface area contributed by atoms with Crippen LogP contribution in [0.15, 0.2) is 24.4 Å². The summed E-state index contributed by atoms with van der Waals surface area (Å²) in [6, 6.07) is 4.26. The third-order valence-electron chi connectivity index (χ3n) is 3.25. The number of aromatic nitrogens is 3. The molecule has 1 atom stereocenters. The highest BCUT2D eigenvalue weighted by atomic mass is 16.2. The van der Waals surface area contributed by atoms with Gasteiger partial charge in [0.15, 0.2) is 5.82 Å². The van der Waals surface area contributed by atoms with Gasteiger partial charge in [0.2, 0.25) is 5.91 Å². The molecule has 2 aromatic heterocycles. The standard InChI is InChI=1S/C15H20N6O2/c1-9-6-10(2)21(20-9)13-5-4-12(7-17-13)8-18-14(22)11(3)19-15(16)23/h4-7,11H,8H2,1-3H3,(H,18,22)(H3,16,19,23)/t11-/m0/s1. The molecule has 122 valence electrons. The summed E-state index contributed by atoms with van der Waals surface area (Å²) < 4.78 is 1.76. The number of amides is 3. The van der Waals surface area contributed by atoms with E-state index < -0.39 is 12.1 Å². The molecule has 4 N–H and O–H groups in total. The van der Waals surface area contributed by atoms with Gasteiger partial charge in [-0.3, -0.25) is 4.79 Å². The zero-order valence-electron chi connectivity index (χ0n) is 13.3. The molecule has 8 heteroatoms. The molecule has 0 saturated heterocycles. The summed E-state index contributed by atoms with van der Waals surface area (Å²) in [5, 5.41) is 9.39. The summed E-state index contributed by atoms with van der Waals surface area (Å²) >= 11 is 0. The number of hydrogen-bond acceptors (Lipinski definition) is 4. The third kappa shape index (κ3) is 4.29. The van der Waals surface area contributed by atoms with Crippen molar-refractivity contribution in [1.82, 2.24) is 25.4 Å². The van der Waals surface area contributed by atoms with E-state index in [2.05, 4.69) is 20.7 Å². The minimum atomic E-state index is -0.733. The van der Waals surface area contributed by atoms with Crippen molar-refractivity contribution < 1.29 is 9.59 Å². The summed E-state index contributed by atoms with van der Waals surface area (Å²) in [5.74, 6) is 0.404. The molecule has 0 aliphatic heterocycles. The fourth-order valence-electron chi connectivity index (χ4n) is 2.13. The van der Waals surface area contributed by atoms with Crippen molar-refractivity contribution in [3.63, 3.8) is 0 Å². The van der Waals surface area contributed by atoms with Crippen molar-refractivity contribution in [2.24, 2.45) is 5.73 Å². The van der Waals surface area contributed by atoms with Gasteiger partial charge >= 0.3 is 6.03 Å². The molecule has 0 unspecified atom stereocenters. The second kappa shape index (κ2) is 6.91. The number of hydrogen-bond donors (Lipinski definition) is 3. The molecule has 0 saturated carbocycles. The lowest BCUT2D eigenvalue weighted by Crippen LogP contribution is -2.46. The van der Waals surface area contributed by atoms with Gasteiger partial charge in [-0.05, 0) is 38.5 Å². The number of carbonyl (C=O) groups excluding carboxylic acids is 2. The summed E-state index contributed by atoms with van der Waals surface area (Å²) in [4.78, 5) is 26.8. The SMILES string of the molecule is Cc1cc(C)n(-c2ccc(CNC(=O)[C@H](C)NC(N)=O)cn2)n1. The predicted molar refractivity (Wildman–Crippen MR) is 84.9 cm³/mol. The van der Waals surface area contributed by atoms with Crippen LogP contribution < -0.4 is 16.4 Å². The number of carbonyl (C=O) groups is 2. The molecule has 0 aliphatic rings. The normalized spacial score (nSPS) is 11.8. The van der Waals surface area contributed by atoms with Gasteiger partial charge in [0.1, 0.15) is 6.04 Å². The van der Waals surface area contributed by atoms with E-state index in [1.54, 1.807) is 17.8 Å². The fourth-order valence-corrected chi connectivity index (χ4v) is 2.13. The van der Waals surface area contributed by atoms with Crippen LogP contribution in [0.3, 0.4) is 0 Å². The Bertz CT molecular complexity index is 707. The van der Waals surface area contributed by atoms with Crippen LogP contribution in [0.5, 0.6) is 0 Å². The van der Waals surface area contributed by atoms with Gasteiger partial charge in [-0.1, -0.05) is 6.07 Å². The molecule has 0 spiro atoms. The summed E-state index contributed by atoms with van der Waals surface area (Å²) in [6.45, 7) is 5.76. The lowest BCUT2D eigenvalue weighted by molar-refractivity contribution is -0.122. The van der Waals surface area contributed by atoms with Crippen LogP contribution in [0, 0.1) is 13.8 Å². The van der Waals surface area contributed by atoms with Crippen LogP contribution in [0.1, 0.15) is 23.9 Å². The lowest BCUT2D eigenvalue weighted by Gasteiger charge is -2.12. The topological polar surface area (TPSA) is 115 Å². The van der Waals surface area contributed by atoms with Crippen LogP contribution in [0.2, 0.25) is 0 Å². The Hall–Kier alpha value is -2.90. The van der Waals surface area contributed by atoms with Gasteiger partial charge in [-0.2, -0.15) is 5.10 Å². The summed E-state index contributed by atoms with van der Waals surface area (Å²) in [6.07, 6.45) is 1.68. The number of nitrogens with one attached hydrogen (secondary N) is 2. The molecule has 8 nitrogen and oxygen atoms in total. The number of rotatable bonds is 5. The maximum atomic E-state index is 11.8. The first-order valence-electron chi connectivity index (χ1n) is 7.19. The average Bonchev–Trinajstić information content (AvgIpc) is 2.83. The van der Waals surface area contributed by atoms with E-state index in [9.17, 15) is 9.59 Å². The average molecular weight is 316 g/mol. The Morgan fingerprint density at radius 3 is 2.61 bits per heavy atom. The van der Waals surface area contributed by atoms with Crippen LogP contribution >= 0.6 is 0 Å². The Kier molecular flexibility index (Phi) is 4.95. The number of nitrogens with two attached hydrogens (primary N) is 1. The summed E-state index contributed by atoms with van der Waals surface area (Å²) in [7, 11) is 0. The number of primary amides is 1. The lowest BCUT2D eigenvalue weighted by atomic mass is 10.2. The van der Waals surface area contributed by atoms with E-state index in [0.29, 0.717) is 6.54 Å². The van der Waals surface area contributed by atoms with Gasteiger partial charge < -0.3 is 16.4 Å². The van der Waals surface area contributed by atoms with E-state index in [-0.39, 0.29) is 5.91 Å². The Labute approximate surface area is 134 Å².